The standard InChI is InChI=1S/C74H122N14O30/c1-13-33(6)51(86-67(107)50(76)32(4)5)68(108)87-52(35(8)91)69(109)78-34(7)63(103)85-44(26-40-19-15-14-16-20-40)66(106)88-53(70(110)83-41(22-23-49(96)97)64(104)77-27-48(95)82-43(25-31(2)3)65(105)84-42(71(111)112)21-17-18-24-75)36(9)114-74-56(81-39(12)94)62(118-73-55(80-38(11)93)61(102)58(99)46(29-90)116-73)59(100)47(117-74)30-113-72-54(79-37(10)92)60(101)57(98)45(28-89)115-72/h14-16,19-20,31-36,41-47,50-62,72-74,89-91,98-102H,13,17-18,21-30,75-76H2,1-12H3,(H,77,104)(H,78,109)(H,79,92)(H,80,93)(H,81,94)(H,82,95)(H,83,110)(H,84,105)(H,85,103)(H,86,107)(H,87,108)(H,88,106)(H,96,97)(H,111,112)/t33-,34-,35+,36+,41-,42-,43-,44-,45+,46+,47+,50-,51-,52-,53-,54+,55+,56+,57+,58+,59-,60+,61+,62+,72+,73-,74-/m0/s1. The fourth-order valence-electron chi connectivity index (χ4n) is 12.9. The maximum Gasteiger partial charge on any atom is 0.326 e. The minimum atomic E-state index is -2.29. The summed E-state index contributed by atoms with van der Waals surface area (Å²) in [6.07, 6.45) is -28.0. The number of carboxylic acid groups (broad SMARTS) is 2. The summed E-state index contributed by atoms with van der Waals surface area (Å²) in [6, 6.07) is -12.3. The Labute approximate surface area is 681 Å². The van der Waals surface area contributed by atoms with E-state index in [9.17, 15) is 109 Å². The number of aliphatic carboxylic acids is 2. The molecule has 4 rings (SSSR count). The van der Waals surface area contributed by atoms with Crippen LogP contribution in [0.5, 0.6) is 0 Å². The molecule has 0 spiro atoms. The van der Waals surface area contributed by atoms with Crippen molar-refractivity contribution in [2.45, 2.75) is 293 Å². The number of hydrogen-bond acceptors (Lipinski definition) is 30. The van der Waals surface area contributed by atoms with Gasteiger partial charge < -0.3 is 155 Å². The van der Waals surface area contributed by atoms with Crippen molar-refractivity contribution in [3.8, 4) is 0 Å². The predicted octanol–water partition coefficient (Wildman–Crippen LogP) is -8.94. The zero-order valence-corrected chi connectivity index (χ0v) is 68.1. The van der Waals surface area contributed by atoms with Crippen molar-refractivity contribution in [1.82, 2.24) is 63.8 Å². The summed E-state index contributed by atoms with van der Waals surface area (Å²) in [6.45, 7) is 12.9. The summed E-state index contributed by atoms with van der Waals surface area (Å²) in [5, 5.41) is 137. The van der Waals surface area contributed by atoms with E-state index in [1.807, 2.05) is 0 Å². The van der Waals surface area contributed by atoms with E-state index in [-0.39, 0.29) is 31.2 Å². The highest BCUT2D eigenvalue weighted by atomic mass is 16.7. The number of unbranched alkanes of at least 4 members (excludes halogenated alkanes) is 1. The third-order valence-electron chi connectivity index (χ3n) is 19.8. The molecule has 0 radical (unpaired) electrons. The Morgan fingerprint density at radius 1 is 0.525 bits per heavy atom. The molecule has 44 nitrogen and oxygen atoms in total. The Bertz CT molecular complexity index is 3500. The van der Waals surface area contributed by atoms with E-state index in [2.05, 4.69) is 63.8 Å². The van der Waals surface area contributed by atoms with Crippen LogP contribution in [0, 0.1) is 17.8 Å². The SMILES string of the molecule is CC[C@H](C)[C@H](NC(=O)[C@@H](N)C(C)C)C(=O)N[C@H](C(=O)N[C@@H](C)C(=O)N[C@@H](Cc1ccccc1)C(=O)N[C@H](C(=O)N[C@@H](CCC(=O)O)C(=O)NCC(=O)N[C@@H](CC(C)C)C(=O)N[C@@H](CCCCN)C(=O)O)[C@@H](C)O[C@H]1O[C@H](CO[C@@H]2O[C@H](CO)[C@@H](O)[C@H](O)[C@H]2NC(C)=O)[C@H](O)[C@H](O[C@@H]2O[C@H](CO)[C@@H](O)[C@H](O)[C@H]2NC(C)=O)[C@H]1NC(C)=O)[C@@H](C)O. The van der Waals surface area contributed by atoms with E-state index in [0.717, 1.165) is 41.5 Å². The van der Waals surface area contributed by atoms with Crippen molar-refractivity contribution in [2.24, 2.45) is 29.2 Å². The van der Waals surface area contributed by atoms with Crippen LogP contribution in [0.1, 0.15) is 134 Å². The molecule has 1 aromatic carbocycles. The lowest BCUT2D eigenvalue weighted by atomic mass is 9.94. The number of aliphatic hydroxyl groups is 8. The molecule has 0 saturated carbocycles. The van der Waals surface area contributed by atoms with Gasteiger partial charge in [-0.25, -0.2) is 4.79 Å². The Balaban J connectivity index is 1.93. The van der Waals surface area contributed by atoms with E-state index in [1.54, 1.807) is 59.7 Å². The third-order valence-corrected chi connectivity index (χ3v) is 19.8. The Morgan fingerprint density at radius 2 is 1.03 bits per heavy atom. The third kappa shape index (κ3) is 31.1. The van der Waals surface area contributed by atoms with Crippen molar-refractivity contribution < 1.29 is 147 Å². The first-order chi connectivity index (χ1) is 55.4. The summed E-state index contributed by atoms with van der Waals surface area (Å²) >= 11 is 0. The lowest BCUT2D eigenvalue weighted by Crippen LogP contribution is -2.70. The van der Waals surface area contributed by atoms with Crippen molar-refractivity contribution in [3.63, 3.8) is 0 Å². The highest BCUT2D eigenvalue weighted by Crippen LogP contribution is 2.33. The minimum Gasteiger partial charge on any atom is -0.481 e. The maximum atomic E-state index is 15.5. The van der Waals surface area contributed by atoms with Crippen molar-refractivity contribution in [2.75, 3.05) is 32.9 Å². The van der Waals surface area contributed by atoms with E-state index >= 15 is 9.59 Å². The molecule has 26 N–H and O–H groups in total. The Kier molecular flexibility index (Phi) is 42.2. The molecule has 0 unspecified atom stereocenters. The van der Waals surface area contributed by atoms with E-state index in [1.165, 1.54) is 12.1 Å². The normalized spacial score (nSPS) is 26.2. The van der Waals surface area contributed by atoms with Gasteiger partial charge in [-0.05, 0) is 82.7 Å². The Morgan fingerprint density at radius 3 is 1.56 bits per heavy atom. The molecule has 3 aliphatic heterocycles. The molecule has 3 saturated heterocycles. The largest absolute Gasteiger partial charge is 0.481 e. The number of amides is 12. The number of rotatable bonds is 47. The average Bonchev–Trinajstić information content (AvgIpc) is 0.768. The monoisotopic (exact) mass is 1690 g/mol. The van der Waals surface area contributed by atoms with Crippen LogP contribution < -0.4 is 75.3 Å². The number of carbonyl (C=O) groups excluding carboxylic acids is 12. The summed E-state index contributed by atoms with van der Waals surface area (Å²) in [7, 11) is 0. The van der Waals surface area contributed by atoms with Gasteiger partial charge in [-0.1, -0.05) is 78.3 Å². The molecule has 3 heterocycles. The lowest BCUT2D eigenvalue weighted by Gasteiger charge is -2.49. The van der Waals surface area contributed by atoms with Gasteiger partial charge in [0.25, 0.3) is 0 Å². The first-order valence-corrected chi connectivity index (χ1v) is 39.0. The molecular weight excluding hydrogens is 1560 g/mol. The van der Waals surface area contributed by atoms with Gasteiger partial charge >= 0.3 is 11.9 Å². The summed E-state index contributed by atoms with van der Waals surface area (Å²) in [5.74, 6) is -16.5. The molecule has 1 aromatic rings. The van der Waals surface area contributed by atoms with E-state index in [0.29, 0.717) is 24.8 Å². The van der Waals surface area contributed by atoms with Gasteiger partial charge in [-0.2, -0.15) is 0 Å². The molecule has 0 bridgehead atoms. The number of nitrogens with two attached hydrogens (primary N) is 2. The fourth-order valence-corrected chi connectivity index (χ4v) is 12.9. The highest BCUT2D eigenvalue weighted by molar-refractivity contribution is 5.98. The molecule has 12 amide bonds. The zero-order valence-electron chi connectivity index (χ0n) is 68.1. The second kappa shape index (κ2) is 49.0. The molecule has 27 atom stereocenters. The van der Waals surface area contributed by atoms with Crippen LogP contribution in [-0.4, -0.2) is 325 Å². The molecule has 668 valence electrons. The van der Waals surface area contributed by atoms with Gasteiger partial charge in [-0.3, -0.25) is 62.3 Å². The molecule has 118 heavy (non-hydrogen) atoms. The van der Waals surface area contributed by atoms with Gasteiger partial charge in [0, 0.05) is 33.6 Å². The van der Waals surface area contributed by atoms with Crippen molar-refractivity contribution in [1.29, 1.82) is 0 Å². The van der Waals surface area contributed by atoms with Crippen LogP contribution in [-0.2, 0) is 102 Å². The van der Waals surface area contributed by atoms with Gasteiger partial charge in [0.15, 0.2) is 18.9 Å². The minimum absolute atomic E-state index is 0.0147. The number of carboxylic acids is 2. The molecule has 0 aliphatic carbocycles. The molecule has 0 aromatic heterocycles. The van der Waals surface area contributed by atoms with Crippen LogP contribution in [0.2, 0.25) is 0 Å². The average molecular weight is 1690 g/mol. The number of ether oxygens (including phenoxy) is 6. The van der Waals surface area contributed by atoms with Gasteiger partial charge in [0.1, 0.15) is 121 Å². The number of carbonyl (C=O) groups is 14. The second-order valence-corrected chi connectivity index (χ2v) is 30.4. The van der Waals surface area contributed by atoms with Crippen molar-refractivity contribution in [3.05, 3.63) is 35.9 Å². The number of benzene rings is 1. The second-order valence-electron chi connectivity index (χ2n) is 30.4. The number of hydrogen-bond donors (Lipinski definition) is 24. The molecule has 3 aliphatic rings. The lowest BCUT2D eigenvalue weighted by molar-refractivity contribution is -0.339. The highest BCUT2D eigenvalue weighted by Gasteiger charge is 2.55. The maximum absolute atomic E-state index is 15.5. The molecular formula is C74H122N14O30. The predicted molar refractivity (Wildman–Crippen MR) is 409 cm³/mol. The van der Waals surface area contributed by atoms with E-state index in [4.69, 9.17) is 39.9 Å². The first kappa shape index (κ1) is 102. The topological polar surface area (TPSA) is 693 Å². The summed E-state index contributed by atoms with van der Waals surface area (Å²) < 4.78 is 36.9. The van der Waals surface area contributed by atoms with Crippen LogP contribution >= 0.6 is 0 Å². The summed E-state index contributed by atoms with van der Waals surface area (Å²) in [5.41, 5.74) is 12.0. The van der Waals surface area contributed by atoms with Gasteiger partial charge in [0.2, 0.25) is 70.9 Å². The first-order valence-electron chi connectivity index (χ1n) is 39.0. The summed E-state index contributed by atoms with van der Waals surface area (Å²) in [4.78, 5) is 192. The van der Waals surface area contributed by atoms with Crippen molar-refractivity contribution >= 4 is 82.8 Å². The van der Waals surface area contributed by atoms with Crippen LogP contribution in [0.25, 0.3) is 0 Å². The fraction of sp³-hybridized carbons (Fsp3) is 0.730. The number of nitrogens with one attached hydrogen (secondary N) is 12. The van der Waals surface area contributed by atoms with Gasteiger partial charge in [-0.15, -0.1) is 0 Å². The van der Waals surface area contributed by atoms with E-state index < -0.39 is 293 Å². The smallest absolute Gasteiger partial charge is 0.326 e. The van der Waals surface area contributed by atoms with Gasteiger partial charge in [0.05, 0.1) is 44.6 Å². The number of aliphatic hydroxyl groups excluding tert-OH is 8. The Hall–Kier alpha value is -8.84. The van der Waals surface area contributed by atoms with Crippen LogP contribution in [0.3, 0.4) is 0 Å². The van der Waals surface area contributed by atoms with Crippen LogP contribution in [0.4, 0.5) is 0 Å². The zero-order chi connectivity index (χ0) is 88.9. The van der Waals surface area contributed by atoms with Crippen LogP contribution in [0.15, 0.2) is 30.3 Å². The molecule has 3 fully saturated rings. The quantitative estimate of drug-likeness (QED) is 0.0270. The molecule has 44 heteroatoms.